The van der Waals surface area contributed by atoms with Crippen LogP contribution < -0.4 is 0 Å². The van der Waals surface area contributed by atoms with Gasteiger partial charge >= 0.3 is 0 Å². The van der Waals surface area contributed by atoms with Gasteiger partial charge in [-0.1, -0.05) is 13.0 Å². The molecule has 0 radical (unpaired) electrons. The zero-order valence-corrected chi connectivity index (χ0v) is 10.5. The number of halogens is 1. The molecule has 0 amide bonds. The van der Waals surface area contributed by atoms with E-state index < -0.39 is 0 Å². The molecule has 0 saturated heterocycles. The van der Waals surface area contributed by atoms with Crippen LogP contribution in [0.3, 0.4) is 0 Å². The zero-order valence-electron chi connectivity index (χ0n) is 9.74. The molecule has 1 aromatic rings. The summed E-state index contributed by atoms with van der Waals surface area (Å²) in [5.74, 6) is 0.251. The van der Waals surface area contributed by atoms with Gasteiger partial charge < -0.3 is 0 Å². The van der Waals surface area contributed by atoms with Crippen molar-refractivity contribution in [1.29, 1.82) is 0 Å². The third-order valence-corrected chi connectivity index (χ3v) is 3.14. The van der Waals surface area contributed by atoms with Crippen LogP contribution in [-0.2, 0) is 0 Å². The van der Waals surface area contributed by atoms with Gasteiger partial charge in [0.25, 0.3) is 5.69 Å². The number of nitrogens with zero attached hydrogens (tertiary/aromatic N) is 1. The average molecular weight is 242 g/mol. The molecular weight excluding hydrogens is 226 g/mol. The molecule has 2 unspecified atom stereocenters. The number of hydrogen-bond acceptors (Lipinski definition) is 2. The minimum absolute atomic E-state index is 0.0332. The molecule has 0 bridgehead atoms. The van der Waals surface area contributed by atoms with Crippen molar-refractivity contribution in [2.75, 3.05) is 0 Å². The maximum Gasteiger partial charge on any atom is 0.272 e. The van der Waals surface area contributed by atoms with Gasteiger partial charge in [0.05, 0.1) is 4.92 Å². The second-order valence-electron chi connectivity index (χ2n) is 4.00. The van der Waals surface area contributed by atoms with Crippen LogP contribution in [0.4, 0.5) is 5.69 Å². The Balaban J connectivity index is 3.09. The third kappa shape index (κ3) is 2.73. The van der Waals surface area contributed by atoms with Gasteiger partial charge in [-0.15, -0.1) is 11.6 Å². The Morgan fingerprint density at radius 1 is 1.50 bits per heavy atom. The van der Waals surface area contributed by atoms with Crippen LogP contribution in [0.25, 0.3) is 0 Å². The Kier molecular flexibility index (Phi) is 4.30. The molecule has 0 N–H and O–H groups in total. The highest BCUT2D eigenvalue weighted by molar-refractivity contribution is 6.20. The Bertz CT molecular complexity index is 391. The molecule has 0 aliphatic heterocycles. The fraction of sp³-hybridized carbons (Fsp3) is 0.500. The van der Waals surface area contributed by atoms with E-state index in [2.05, 4.69) is 6.92 Å². The number of rotatable bonds is 4. The second kappa shape index (κ2) is 5.30. The summed E-state index contributed by atoms with van der Waals surface area (Å²) in [4.78, 5) is 10.3. The predicted octanol–water partition coefficient (Wildman–Crippen LogP) is 4.02. The van der Waals surface area contributed by atoms with Crippen LogP contribution in [0.15, 0.2) is 18.2 Å². The first kappa shape index (κ1) is 13.0. The lowest BCUT2D eigenvalue weighted by Crippen LogP contribution is -2.08. The molecule has 1 aromatic carbocycles. The summed E-state index contributed by atoms with van der Waals surface area (Å²) in [7, 11) is 0. The smallest absolute Gasteiger partial charge is 0.258 e. The number of alkyl halides is 1. The summed E-state index contributed by atoms with van der Waals surface area (Å²) in [5.41, 5.74) is 1.94. The summed E-state index contributed by atoms with van der Waals surface area (Å²) in [6.07, 6.45) is 0.932. The Labute approximate surface area is 101 Å². The molecule has 16 heavy (non-hydrogen) atoms. The van der Waals surface area contributed by atoms with Gasteiger partial charge in [-0.05, 0) is 37.8 Å². The van der Waals surface area contributed by atoms with E-state index in [1.165, 1.54) is 0 Å². The highest BCUT2D eigenvalue weighted by atomic mass is 35.5. The zero-order chi connectivity index (χ0) is 12.3. The molecule has 3 nitrogen and oxygen atoms in total. The lowest BCUT2D eigenvalue weighted by atomic mass is 9.92. The second-order valence-corrected chi connectivity index (χ2v) is 4.68. The SMILES string of the molecule is CCC(c1ccc([N+](=O)[O-])c(C)c1)C(C)Cl. The van der Waals surface area contributed by atoms with Crippen molar-refractivity contribution in [3.8, 4) is 0 Å². The van der Waals surface area contributed by atoms with E-state index in [0.717, 1.165) is 12.0 Å². The fourth-order valence-corrected chi connectivity index (χ4v) is 2.26. The van der Waals surface area contributed by atoms with Crippen molar-refractivity contribution >= 4 is 17.3 Å². The van der Waals surface area contributed by atoms with E-state index in [-0.39, 0.29) is 21.9 Å². The van der Waals surface area contributed by atoms with Gasteiger partial charge in [-0.3, -0.25) is 10.1 Å². The molecule has 0 aromatic heterocycles. The number of nitro benzene ring substituents is 1. The van der Waals surface area contributed by atoms with Crippen molar-refractivity contribution in [2.24, 2.45) is 0 Å². The lowest BCUT2D eigenvalue weighted by molar-refractivity contribution is -0.385. The van der Waals surface area contributed by atoms with Crippen molar-refractivity contribution in [2.45, 2.75) is 38.5 Å². The molecule has 0 aliphatic carbocycles. The van der Waals surface area contributed by atoms with E-state index in [0.29, 0.717) is 5.56 Å². The van der Waals surface area contributed by atoms with Gasteiger partial charge in [0, 0.05) is 17.0 Å². The highest BCUT2D eigenvalue weighted by Crippen LogP contribution is 2.30. The van der Waals surface area contributed by atoms with E-state index in [4.69, 9.17) is 11.6 Å². The van der Waals surface area contributed by atoms with Crippen molar-refractivity contribution in [3.05, 3.63) is 39.4 Å². The molecule has 0 fully saturated rings. The minimum atomic E-state index is -0.357. The molecule has 1 rings (SSSR count). The Hall–Kier alpha value is -1.09. The van der Waals surface area contributed by atoms with E-state index in [1.54, 1.807) is 19.1 Å². The number of benzene rings is 1. The molecule has 0 spiro atoms. The molecule has 4 heteroatoms. The first-order valence-corrected chi connectivity index (χ1v) is 5.80. The van der Waals surface area contributed by atoms with Gasteiger partial charge in [0.1, 0.15) is 0 Å². The molecule has 0 aliphatic rings. The Morgan fingerprint density at radius 3 is 2.50 bits per heavy atom. The van der Waals surface area contributed by atoms with Crippen LogP contribution in [0.2, 0.25) is 0 Å². The minimum Gasteiger partial charge on any atom is -0.258 e. The van der Waals surface area contributed by atoms with Gasteiger partial charge in [0.2, 0.25) is 0 Å². The van der Waals surface area contributed by atoms with E-state index in [9.17, 15) is 10.1 Å². The summed E-state index contributed by atoms with van der Waals surface area (Å²) in [6, 6.07) is 5.23. The monoisotopic (exact) mass is 241 g/mol. The fourth-order valence-electron chi connectivity index (χ4n) is 1.94. The number of aryl methyl sites for hydroxylation is 1. The lowest BCUT2D eigenvalue weighted by Gasteiger charge is -2.18. The van der Waals surface area contributed by atoms with Crippen molar-refractivity contribution in [1.82, 2.24) is 0 Å². The summed E-state index contributed by atoms with van der Waals surface area (Å²) >= 11 is 6.10. The van der Waals surface area contributed by atoms with Crippen molar-refractivity contribution < 1.29 is 4.92 Å². The largest absolute Gasteiger partial charge is 0.272 e. The van der Waals surface area contributed by atoms with Crippen LogP contribution in [0.5, 0.6) is 0 Å². The van der Waals surface area contributed by atoms with Crippen molar-refractivity contribution in [3.63, 3.8) is 0 Å². The predicted molar refractivity (Wildman–Crippen MR) is 66.2 cm³/mol. The average Bonchev–Trinajstić information content (AvgIpc) is 2.17. The van der Waals surface area contributed by atoms with Gasteiger partial charge in [-0.25, -0.2) is 0 Å². The maximum atomic E-state index is 10.7. The normalized spacial score (nSPS) is 14.5. The standard InChI is InChI=1S/C12H16ClNO2/c1-4-11(9(3)13)10-5-6-12(14(15)16)8(2)7-10/h5-7,9,11H,4H2,1-3H3. The van der Waals surface area contributed by atoms with Crippen LogP contribution in [-0.4, -0.2) is 10.3 Å². The van der Waals surface area contributed by atoms with Gasteiger partial charge in [0.15, 0.2) is 0 Å². The van der Waals surface area contributed by atoms with Gasteiger partial charge in [-0.2, -0.15) is 0 Å². The summed E-state index contributed by atoms with van der Waals surface area (Å²) in [6.45, 7) is 5.78. The quantitative estimate of drug-likeness (QED) is 0.454. The van der Waals surface area contributed by atoms with Crippen LogP contribution in [0.1, 0.15) is 37.3 Å². The molecule has 88 valence electrons. The molecule has 0 saturated carbocycles. The topological polar surface area (TPSA) is 43.1 Å². The molecule has 0 heterocycles. The summed E-state index contributed by atoms with van der Waals surface area (Å²) < 4.78 is 0. The first-order valence-electron chi connectivity index (χ1n) is 5.36. The van der Waals surface area contributed by atoms with E-state index in [1.807, 2.05) is 13.0 Å². The summed E-state index contributed by atoms with van der Waals surface area (Å²) in [5, 5.41) is 10.7. The maximum absolute atomic E-state index is 10.7. The highest BCUT2D eigenvalue weighted by Gasteiger charge is 2.18. The molecular formula is C12H16ClNO2. The van der Waals surface area contributed by atoms with Crippen LogP contribution in [0, 0.1) is 17.0 Å². The first-order chi connectivity index (χ1) is 7.47. The number of hydrogen-bond donors (Lipinski definition) is 0. The third-order valence-electron chi connectivity index (χ3n) is 2.84. The van der Waals surface area contributed by atoms with E-state index >= 15 is 0 Å². The number of nitro groups is 1. The van der Waals surface area contributed by atoms with Crippen LogP contribution >= 0.6 is 11.6 Å². The molecule has 2 atom stereocenters. The Morgan fingerprint density at radius 2 is 2.12 bits per heavy atom.